The number of hydrogen-bond acceptors (Lipinski definition) is 5. The van der Waals surface area contributed by atoms with Crippen molar-refractivity contribution in [2.75, 3.05) is 6.61 Å². The van der Waals surface area contributed by atoms with Crippen molar-refractivity contribution in [1.29, 1.82) is 0 Å². The number of carbonyl (C=O) groups excluding carboxylic acids is 1. The molecule has 0 aliphatic carbocycles. The van der Waals surface area contributed by atoms with Gasteiger partial charge in [-0.3, -0.25) is 14.9 Å². The van der Waals surface area contributed by atoms with Gasteiger partial charge in [-0.2, -0.15) is 5.10 Å². The smallest absolute Gasteiger partial charge is 0.278 e. The second kappa shape index (κ2) is 7.69. The van der Waals surface area contributed by atoms with Crippen LogP contribution in [0.15, 0.2) is 53.6 Å². The minimum Gasteiger partial charge on any atom is -0.494 e. The van der Waals surface area contributed by atoms with Crippen LogP contribution in [0, 0.1) is 10.1 Å². The van der Waals surface area contributed by atoms with Crippen LogP contribution < -0.4 is 10.2 Å². The molecule has 1 N–H and O–H groups in total. The molecule has 0 aliphatic heterocycles. The average molecular weight is 313 g/mol. The molecule has 0 fully saturated rings. The van der Waals surface area contributed by atoms with Gasteiger partial charge in [0.1, 0.15) is 5.75 Å². The molecule has 0 aromatic heterocycles. The number of hydrazone groups is 1. The van der Waals surface area contributed by atoms with Crippen LogP contribution >= 0.6 is 0 Å². The van der Waals surface area contributed by atoms with E-state index in [0.29, 0.717) is 23.5 Å². The van der Waals surface area contributed by atoms with Crippen molar-refractivity contribution in [2.45, 2.75) is 6.92 Å². The molecule has 0 heterocycles. The number of benzene rings is 2. The molecule has 2 aromatic rings. The summed E-state index contributed by atoms with van der Waals surface area (Å²) in [6, 6.07) is 12.7. The zero-order valence-electron chi connectivity index (χ0n) is 12.4. The summed E-state index contributed by atoms with van der Waals surface area (Å²) in [5, 5.41) is 14.6. The van der Waals surface area contributed by atoms with Crippen molar-refractivity contribution in [3.63, 3.8) is 0 Å². The highest BCUT2D eigenvalue weighted by molar-refractivity contribution is 5.95. The molecule has 2 rings (SSSR count). The highest BCUT2D eigenvalue weighted by atomic mass is 16.6. The van der Waals surface area contributed by atoms with E-state index in [4.69, 9.17) is 4.74 Å². The van der Waals surface area contributed by atoms with Gasteiger partial charge in [-0.15, -0.1) is 0 Å². The Morgan fingerprint density at radius 3 is 2.61 bits per heavy atom. The van der Waals surface area contributed by atoms with Gasteiger partial charge < -0.3 is 4.74 Å². The van der Waals surface area contributed by atoms with Crippen molar-refractivity contribution in [1.82, 2.24) is 5.43 Å². The number of para-hydroxylation sites is 1. The Balaban J connectivity index is 2.02. The fraction of sp³-hybridized carbons (Fsp3) is 0.125. The third-order valence-corrected chi connectivity index (χ3v) is 2.93. The predicted octanol–water partition coefficient (Wildman–Crippen LogP) is 2.76. The number of nitrogens with zero attached hydrogens (tertiary/aromatic N) is 2. The van der Waals surface area contributed by atoms with Crippen LogP contribution in [0.1, 0.15) is 22.8 Å². The Labute approximate surface area is 132 Å². The summed E-state index contributed by atoms with van der Waals surface area (Å²) in [6.07, 6.45) is 1.24. The van der Waals surface area contributed by atoms with Gasteiger partial charge in [0.05, 0.1) is 23.3 Å². The number of amides is 1. The second-order valence-electron chi connectivity index (χ2n) is 4.47. The Kier molecular flexibility index (Phi) is 5.40. The van der Waals surface area contributed by atoms with E-state index in [1.54, 1.807) is 42.5 Å². The lowest BCUT2D eigenvalue weighted by Crippen LogP contribution is -2.17. The summed E-state index contributed by atoms with van der Waals surface area (Å²) in [6.45, 7) is 2.42. The molecule has 23 heavy (non-hydrogen) atoms. The molecular formula is C16H15N3O4. The highest BCUT2D eigenvalue weighted by Gasteiger charge is 2.10. The van der Waals surface area contributed by atoms with Crippen molar-refractivity contribution >= 4 is 17.8 Å². The van der Waals surface area contributed by atoms with E-state index >= 15 is 0 Å². The van der Waals surface area contributed by atoms with Gasteiger partial charge in [0.15, 0.2) is 0 Å². The van der Waals surface area contributed by atoms with Gasteiger partial charge in [0.25, 0.3) is 11.6 Å². The molecule has 7 nitrogen and oxygen atoms in total. The second-order valence-corrected chi connectivity index (χ2v) is 4.47. The van der Waals surface area contributed by atoms with Gasteiger partial charge in [0, 0.05) is 11.6 Å². The third kappa shape index (κ3) is 4.37. The first-order chi connectivity index (χ1) is 11.1. The average Bonchev–Trinajstić information content (AvgIpc) is 2.56. The lowest BCUT2D eigenvalue weighted by Gasteiger charge is -2.04. The number of nitro groups is 1. The van der Waals surface area contributed by atoms with E-state index in [-0.39, 0.29) is 5.69 Å². The van der Waals surface area contributed by atoms with Crippen LogP contribution in [-0.4, -0.2) is 23.7 Å². The minimum atomic E-state index is -0.504. The van der Waals surface area contributed by atoms with E-state index in [9.17, 15) is 14.9 Å². The summed E-state index contributed by atoms with van der Waals surface area (Å²) >= 11 is 0. The summed E-state index contributed by atoms with van der Waals surface area (Å²) in [5.41, 5.74) is 2.97. The van der Waals surface area contributed by atoms with Gasteiger partial charge in [-0.05, 0) is 37.3 Å². The topological polar surface area (TPSA) is 93.8 Å². The van der Waals surface area contributed by atoms with Crippen molar-refractivity contribution in [3.8, 4) is 5.75 Å². The standard InChI is InChI=1S/C16H15N3O4/c1-2-23-14-9-7-12(8-10-14)16(20)18-17-11-13-5-3-4-6-15(13)19(21)22/h3-11H,2H2,1H3,(H,18,20)/b17-11-. The largest absolute Gasteiger partial charge is 0.494 e. The highest BCUT2D eigenvalue weighted by Crippen LogP contribution is 2.15. The van der Waals surface area contributed by atoms with Gasteiger partial charge in [0.2, 0.25) is 0 Å². The fourth-order valence-corrected chi connectivity index (χ4v) is 1.86. The molecule has 0 spiro atoms. The molecule has 0 atom stereocenters. The SMILES string of the molecule is CCOc1ccc(C(=O)N/N=C\c2ccccc2[N+](=O)[O-])cc1. The Bertz CT molecular complexity index is 726. The van der Waals surface area contributed by atoms with Crippen LogP contribution in [-0.2, 0) is 0 Å². The monoisotopic (exact) mass is 313 g/mol. The molecule has 0 saturated carbocycles. The third-order valence-electron chi connectivity index (χ3n) is 2.93. The van der Waals surface area contributed by atoms with E-state index in [2.05, 4.69) is 10.5 Å². The van der Waals surface area contributed by atoms with Crippen LogP contribution in [0.3, 0.4) is 0 Å². The maximum Gasteiger partial charge on any atom is 0.278 e. The molecule has 1 amide bonds. The molecular weight excluding hydrogens is 298 g/mol. The van der Waals surface area contributed by atoms with Gasteiger partial charge >= 0.3 is 0 Å². The quantitative estimate of drug-likeness (QED) is 0.504. The molecule has 0 saturated heterocycles. The lowest BCUT2D eigenvalue weighted by molar-refractivity contribution is -0.385. The van der Waals surface area contributed by atoms with Gasteiger partial charge in [-0.25, -0.2) is 5.43 Å². The zero-order chi connectivity index (χ0) is 16.7. The van der Waals surface area contributed by atoms with Crippen LogP contribution in [0.4, 0.5) is 5.69 Å². The number of nitrogens with one attached hydrogen (secondary N) is 1. The maximum absolute atomic E-state index is 11.9. The molecule has 118 valence electrons. The summed E-state index contributed by atoms with van der Waals surface area (Å²) < 4.78 is 5.29. The lowest BCUT2D eigenvalue weighted by atomic mass is 10.2. The Hall–Kier alpha value is -3.22. The van der Waals surface area contributed by atoms with Crippen LogP contribution in [0.2, 0.25) is 0 Å². The van der Waals surface area contributed by atoms with Crippen molar-refractivity contribution in [2.24, 2.45) is 5.10 Å². The Morgan fingerprint density at radius 1 is 1.26 bits per heavy atom. The molecule has 2 aromatic carbocycles. The molecule has 0 unspecified atom stereocenters. The van der Waals surface area contributed by atoms with E-state index in [1.807, 2.05) is 6.92 Å². The molecule has 7 heteroatoms. The number of nitro benzene ring substituents is 1. The first-order valence-corrected chi connectivity index (χ1v) is 6.91. The maximum atomic E-state index is 11.9. The summed E-state index contributed by atoms with van der Waals surface area (Å²) in [5.74, 6) is 0.260. The number of rotatable bonds is 6. The van der Waals surface area contributed by atoms with Crippen LogP contribution in [0.25, 0.3) is 0 Å². The fourth-order valence-electron chi connectivity index (χ4n) is 1.86. The van der Waals surface area contributed by atoms with E-state index < -0.39 is 10.8 Å². The Morgan fingerprint density at radius 2 is 1.96 bits per heavy atom. The predicted molar refractivity (Wildman–Crippen MR) is 85.8 cm³/mol. The minimum absolute atomic E-state index is 0.0773. The van der Waals surface area contributed by atoms with Gasteiger partial charge in [-0.1, -0.05) is 12.1 Å². The van der Waals surface area contributed by atoms with Crippen LogP contribution in [0.5, 0.6) is 5.75 Å². The first-order valence-electron chi connectivity index (χ1n) is 6.91. The molecule has 0 aliphatic rings. The number of ether oxygens (including phenoxy) is 1. The van der Waals surface area contributed by atoms with E-state index in [0.717, 1.165) is 0 Å². The molecule has 0 bridgehead atoms. The normalized spacial score (nSPS) is 10.5. The van der Waals surface area contributed by atoms with E-state index in [1.165, 1.54) is 12.3 Å². The summed E-state index contributed by atoms with van der Waals surface area (Å²) in [4.78, 5) is 22.3. The van der Waals surface area contributed by atoms with Crippen molar-refractivity contribution < 1.29 is 14.5 Å². The first kappa shape index (κ1) is 16.2. The number of carbonyl (C=O) groups is 1. The van der Waals surface area contributed by atoms with Crippen molar-refractivity contribution in [3.05, 3.63) is 69.8 Å². The molecule has 0 radical (unpaired) electrons. The number of hydrogen-bond donors (Lipinski definition) is 1. The summed E-state index contributed by atoms with van der Waals surface area (Å²) in [7, 11) is 0. The zero-order valence-corrected chi connectivity index (χ0v) is 12.4.